The number of phenols is 2. The molecule has 1 atom stereocenters. The van der Waals surface area contributed by atoms with Crippen LogP contribution in [0.25, 0.3) is 0 Å². The molecule has 0 amide bonds. The Morgan fingerprint density at radius 1 is 1.05 bits per heavy atom. The molecule has 2 heteroatoms. The molecule has 1 unspecified atom stereocenters. The summed E-state index contributed by atoms with van der Waals surface area (Å²) in [6.07, 6.45) is 6.49. The van der Waals surface area contributed by atoms with E-state index in [4.69, 9.17) is 10.2 Å². The molecule has 2 nitrogen and oxygen atoms in total. The first-order chi connectivity index (χ1) is 8.88. The molecule has 0 radical (unpaired) electrons. The van der Waals surface area contributed by atoms with Gasteiger partial charge in [-0.1, -0.05) is 25.5 Å². The summed E-state index contributed by atoms with van der Waals surface area (Å²) in [6.45, 7) is 8.72. The summed E-state index contributed by atoms with van der Waals surface area (Å²) in [7, 11) is 0. The third-order valence-corrected chi connectivity index (χ3v) is 3.67. The van der Waals surface area contributed by atoms with Crippen LogP contribution in [0.3, 0.4) is 0 Å². The second-order valence-electron chi connectivity index (χ2n) is 5.86. The summed E-state index contributed by atoms with van der Waals surface area (Å²) < 4.78 is 0. The Balaban J connectivity index is 0.000000191. The van der Waals surface area contributed by atoms with E-state index in [9.17, 15) is 0 Å². The van der Waals surface area contributed by atoms with Crippen molar-refractivity contribution < 1.29 is 10.2 Å². The lowest BCUT2D eigenvalue weighted by Gasteiger charge is -2.23. The largest absolute Gasteiger partial charge is 0.508 e. The van der Waals surface area contributed by atoms with Crippen molar-refractivity contribution in [3.05, 3.63) is 35.4 Å². The molecule has 2 rings (SSSR count). The lowest BCUT2D eigenvalue weighted by atomic mass is 9.83. The zero-order chi connectivity index (χ0) is 14.4. The number of benzene rings is 1. The van der Waals surface area contributed by atoms with Crippen LogP contribution < -0.4 is 0 Å². The van der Waals surface area contributed by atoms with E-state index in [1.807, 2.05) is 0 Å². The van der Waals surface area contributed by atoms with Crippen molar-refractivity contribution >= 4 is 0 Å². The van der Waals surface area contributed by atoms with Crippen molar-refractivity contribution in [2.75, 3.05) is 0 Å². The van der Waals surface area contributed by atoms with Crippen molar-refractivity contribution in [1.29, 1.82) is 0 Å². The molecule has 1 aliphatic rings. The summed E-state index contributed by atoms with van der Waals surface area (Å²) in [5.74, 6) is 2.05. The molecule has 0 spiro atoms. The molecule has 1 aliphatic carbocycles. The molecule has 2 N–H and O–H groups in total. The van der Waals surface area contributed by atoms with Gasteiger partial charge in [0.05, 0.1) is 0 Å². The Labute approximate surface area is 116 Å². The van der Waals surface area contributed by atoms with Crippen molar-refractivity contribution in [2.24, 2.45) is 11.8 Å². The molecule has 0 saturated heterocycles. The van der Waals surface area contributed by atoms with Crippen LogP contribution >= 0.6 is 0 Å². The van der Waals surface area contributed by atoms with E-state index in [1.165, 1.54) is 25.3 Å². The smallest absolute Gasteiger partial charge is 0.119 e. The minimum Gasteiger partial charge on any atom is -0.508 e. The Morgan fingerprint density at radius 3 is 2.00 bits per heavy atom. The van der Waals surface area contributed by atoms with Crippen molar-refractivity contribution in [2.45, 2.75) is 47.0 Å². The third-order valence-electron chi connectivity index (χ3n) is 3.67. The highest BCUT2D eigenvalue weighted by Gasteiger charge is 2.14. The maximum atomic E-state index is 8.83. The average Bonchev–Trinajstić information content (AvgIpc) is 2.28. The van der Waals surface area contributed by atoms with E-state index in [0.717, 1.165) is 17.4 Å². The molecule has 1 aromatic carbocycles. The Hall–Kier alpha value is -1.44. The van der Waals surface area contributed by atoms with Crippen LogP contribution in [0.5, 0.6) is 11.5 Å². The van der Waals surface area contributed by atoms with Gasteiger partial charge in [-0.05, 0) is 62.6 Å². The maximum Gasteiger partial charge on any atom is 0.119 e. The maximum absolute atomic E-state index is 8.83. The number of allylic oxidation sites excluding steroid dienone is 2. The number of aryl methyl sites for hydroxylation is 1. The first-order valence-electron chi connectivity index (χ1n) is 7.03. The topological polar surface area (TPSA) is 40.5 Å². The van der Waals surface area contributed by atoms with Crippen LogP contribution in [-0.2, 0) is 0 Å². The highest BCUT2D eigenvalue weighted by atomic mass is 16.3. The van der Waals surface area contributed by atoms with Gasteiger partial charge in [0.25, 0.3) is 0 Å². The fourth-order valence-electron chi connectivity index (χ4n) is 2.33. The van der Waals surface area contributed by atoms with Gasteiger partial charge in [-0.15, -0.1) is 0 Å². The van der Waals surface area contributed by atoms with Gasteiger partial charge in [-0.2, -0.15) is 0 Å². The zero-order valence-corrected chi connectivity index (χ0v) is 12.5. The predicted octanol–water partition coefficient (Wildman–Crippen LogP) is 4.80. The minimum atomic E-state index is 0.104. The number of hydrogen-bond acceptors (Lipinski definition) is 2. The monoisotopic (exact) mass is 262 g/mol. The van der Waals surface area contributed by atoms with Crippen LogP contribution in [0, 0.1) is 18.8 Å². The number of phenolic OH excluding ortho intramolecular Hbond substituents is 2. The Bertz CT molecular complexity index is 382. The fraction of sp³-hybridized carbons (Fsp3) is 0.529. The number of aromatic hydroxyl groups is 2. The van der Waals surface area contributed by atoms with E-state index in [-0.39, 0.29) is 11.5 Å². The highest BCUT2D eigenvalue weighted by Crippen LogP contribution is 2.28. The molecular weight excluding hydrogens is 236 g/mol. The minimum absolute atomic E-state index is 0.104. The summed E-state index contributed by atoms with van der Waals surface area (Å²) in [5.41, 5.74) is 2.45. The average molecular weight is 262 g/mol. The second-order valence-corrected chi connectivity index (χ2v) is 5.86. The van der Waals surface area contributed by atoms with Gasteiger partial charge in [0, 0.05) is 6.07 Å². The lowest BCUT2D eigenvalue weighted by Crippen LogP contribution is -2.10. The number of rotatable bonds is 1. The molecule has 0 aliphatic heterocycles. The van der Waals surface area contributed by atoms with Crippen molar-refractivity contribution in [1.82, 2.24) is 0 Å². The molecule has 19 heavy (non-hydrogen) atoms. The van der Waals surface area contributed by atoms with Gasteiger partial charge in [0.1, 0.15) is 11.5 Å². The quantitative estimate of drug-likeness (QED) is 0.714. The van der Waals surface area contributed by atoms with Gasteiger partial charge in [-0.3, -0.25) is 0 Å². The first kappa shape index (κ1) is 15.6. The van der Waals surface area contributed by atoms with Crippen molar-refractivity contribution in [3.8, 4) is 11.5 Å². The van der Waals surface area contributed by atoms with E-state index in [0.29, 0.717) is 0 Å². The second kappa shape index (κ2) is 7.22. The summed E-state index contributed by atoms with van der Waals surface area (Å²) in [6, 6.07) is 4.46. The standard InChI is InChI=1S/C10H18.C7H8O2/c1-8(2)10-6-4-9(3)5-7-10;1-5-2-6(8)4-7(9)3-5/h4,8,10H,5-7H2,1-3H3;2-4,8-9H,1H3. The van der Waals surface area contributed by atoms with Gasteiger partial charge in [0.2, 0.25) is 0 Å². The zero-order valence-electron chi connectivity index (χ0n) is 12.5. The first-order valence-corrected chi connectivity index (χ1v) is 7.03. The summed E-state index contributed by atoms with van der Waals surface area (Å²) >= 11 is 0. The molecule has 0 bridgehead atoms. The van der Waals surface area contributed by atoms with Crippen LogP contribution in [0.1, 0.15) is 45.6 Å². The predicted molar refractivity (Wildman–Crippen MR) is 80.4 cm³/mol. The molecule has 0 aromatic heterocycles. The normalized spacial score (nSPS) is 18.6. The van der Waals surface area contributed by atoms with Gasteiger partial charge in [-0.25, -0.2) is 0 Å². The highest BCUT2D eigenvalue weighted by molar-refractivity contribution is 5.35. The lowest BCUT2D eigenvalue weighted by molar-refractivity contribution is 0.350. The van der Waals surface area contributed by atoms with E-state index < -0.39 is 0 Å². The molecule has 0 fully saturated rings. The summed E-state index contributed by atoms with van der Waals surface area (Å²) in [4.78, 5) is 0. The van der Waals surface area contributed by atoms with Crippen LogP contribution in [-0.4, -0.2) is 10.2 Å². The molecule has 106 valence electrons. The molecule has 0 heterocycles. The van der Waals surface area contributed by atoms with E-state index in [1.54, 1.807) is 24.6 Å². The molecular formula is C17H26O2. The fourth-order valence-corrected chi connectivity index (χ4v) is 2.33. The third kappa shape index (κ3) is 5.82. The molecule has 1 aromatic rings. The van der Waals surface area contributed by atoms with Crippen LogP contribution in [0.2, 0.25) is 0 Å². The Kier molecular flexibility index (Phi) is 5.94. The van der Waals surface area contributed by atoms with Crippen LogP contribution in [0.15, 0.2) is 29.8 Å². The summed E-state index contributed by atoms with van der Waals surface area (Å²) in [5, 5.41) is 17.7. The van der Waals surface area contributed by atoms with Gasteiger partial charge >= 0.3 is 0 Å². The van der Waals surface area contributed by atoms with Crippen molar-refractivity contribution in [3.63, 3.8) is 0 Å². The van der Waals surface area contributed by atoms with E-state index in [2.05, 4.69) is 26.8 Å². The van der Waals surface area contributed by atoms with E-state index >= 15 is 0 Å². The van der Waals surface area contributed by atoms with Crippen LogP contribution in [0.4, 0.5) is 0 Å². The van der Waals surface area contributed by atoms with Gasteiger partial charge < -0.3 is 10.2 Å². The molecule has 0 saturated carbocycles. The van der Waals surface area contributed by atoms with Gasteiger partial charge in [0.15, 0.2) is 0 Å². The number of hydrogen-bond donors (Lipinski definition) is 2. The Morgan fingerprint density at radius 2 is 1.63 bits per heavy atom. The SMILES string of the molecule is CC1=CCC(C(C)C)CC1.Cc1cc(O)cc(O)c1.